The molecule has 0 aliphatic heterocycles. The van der Waals surface area contributed by atoms with Crippen molar-refractivity contribution in [1.82, 2.24) is 28.7 Å². The first kappa shape index (κ1) is 42.3. The van der Waals surface area contributed by atoms with Crippen molar-refractivity contribution in [2.24, 2.45) is 0 Å². The number of rotatable bonds is 7. The largest absolute Gasteiger partial charge is 0.309 e. The maximum Gasteiger partial charge on any atom is 0.238 e. The van der Waals surface area contributed by atoms with Crippen molar-refractivity contribution in [2.75, 3.05) is 0 Å². The molecule has 1 atom stereocenters. The van der Waals surface area contributed by atoms with E-state index < -0.39 is 5.41 Å². The molecule has 0 saturated carbocycles. The third-order valence-electron chi connectivity index (χ3n) is 16.0. The summed E-state index contributed by atoms with van der Waals surface area (Å²) in [5.41, 5.74) is 17.0. The molecule has 76 heavy (non-hydrogen) atoms. The Bertz CT molecular complexity index is 4750. The van der Waals surface area contributed by atoms with E-state index in [1.807, 2.05) is 36.4 Å². The highest BCUT2D eigenvalue weighted by Crippen LogP contribution is 2.60. The van der Waals surface area contributed by atoms with E-state index in [1.54, 1.807) is 0 Å². The van der Waals surface area contributed by atoms with Crippen molar-refractivity contribution >= 4 is 65.4 Å². The van der Waals surface area contributed by atoms with Crippen LogP contribution in [0.15, 0.2) is 267 Å². The molecule has 6 heteroatoms. The van der Waals surface area contributed by atoms with Crippen LogP contribution in [0.3, 0.4) is 0 Å². The lowest BCUT2D eigenvalue weighted by molar-refractivity contribution is 0.772. The van der Waals surface area contributed by atoms with Crippen LogP contribution in [0.1, 0.15) is 22.3 Å². The summed E-state index contributed by atoms with van der Waals surface area (Å²) in [5, 5.41) is 7.04. The minimum Gasteiger partial charge on any atom is -0.309 e. The standard InChI is InChI=1S/C70H44N6/c1-5-21-45(22-6-1)67-71-68(46-23-7-2-8-24-46)73-69(72-67)76-62-36-20-15-31-53(62)57-41-40-56-51-29-13-17-33-59(51)70(65(56)66(57)76,47-38-42-63-58(43-47)54-32-16-19-35-61(54)74(63)49-25-9-3-10-26-49)48-37-39-55-52-30-14-18-34-60(52)75(64(55)44-48)50-27-11-4-12-28-50/h1-44H. The zero-order valence-electron chi connectivity index (χ0n) is 41.1. The molecule has 0 radical (unpaired) electrons. The van der Waals surface area contributed by atoms with Gasteiger partial charge in [-0.15, -0.1) is 0 Å². The van der Waals surface area contributed by atoms with Gasteiger partial charge < -0.3 is 9.13 Å². The van der Waals surface area contributed by atoms with Crippen LogP contribution in [0, 0.1) is 0 Å². The number of hydrogen-bond acceptors (Lipinski definition) is 3. The predicted molar refractivity (Wildman–Crippen MR) is 311 cm³/mol. The SMILES string of the molecule is c1ccc(-c2nc(-c3ccccc3)nc(-n3c4ccccc4c4ccc5c(c43)C(c3ccc4c(c3)c3ccccc3n4-c3ccccc3)(c3ccc4c6ccccc6n(-c6ccccc6)c4c3)c3ccccc3-5)n2)cc1. The van der Waals surface area contributed by atoms with Gasteiger partial charge in [0, 0.05) is 60.4 Å². The van der Waals surface area contributed by atoms with Gasteiger partial charge in [0.05, 0.1) is 38.5 Å². The summed E-state index contributed by atoms with van der Waals surface area (Å²) in [7, 11) is 0. The Morgan fingerprint density at radius 1 is 0.289 bits per heavy atom. The van der Waals surface area contributed by atoms with Crippen LogP contribution in [0.5, 0.6) is 0 Å². The van der Waals surface area contributed by atoms with Gasteiger partial charge in [0.15, 0.2) is 11.6 Å². The minimum atomic E-state index is -0.884. The Hall–Kier alpha value is -10.2. The molecule has 0 N–H and O–H groups in total. The second-order valence-electron chi connectivity index (χ2n) is 19.9. The highest BCUT2D eigenvalue weighted by molar-refractivity contribution is 6.15. The monoisotopic (exact) mass is 968 g/mol. The Balaban J connectivity index is 1.09. The Labute approximate surface area is 437 Å². The third-order valence-corrected chi connectivity index (χ3v) is 16.0. The molecular weight excluding hydrogens is 925 g/mol. The molecular formula is C70H44N6. The molecule has 0 amide bonds. The van der Waals surface area contributed by atoms with Crippen molar-refractivity contribution in [3.8, 4) is 51.2 Å². The van der Waals surface area contributed by atoms with Crippen LogP contribution in [0.25, 0.3) is 117 Å². The van der Waals surface area contributed by atoms with Gasteiger partial charge in [-0.2, -0.15) is 9.97 Å². The van der Waals surface area contributed by atoms with Crippen LogP contribution in [0.2, 0.25) is 0 Å². The van der Waals surface area contributed by atoms with Crippen LogP contribution in [-0.4, -0.2) is 28.7 Å². The Morgan fingerprint density at radius 2 is 0.737 bits per heavy atom. The van der Waals surface area contributed by atoms with E-state index in [2.05, 4.69) is 244 Å². The fourth-order valence-electron chi connectivity index (χ4n) is 12.8. The fourth-order valence-corrected chi connectivity index (χ4v) is 12.8. The summed E-state index contributed by atoms with van der Waals surface area (Å²) in [5.74, 6) is 1.77. The molecule has 0 bridgehead atoms. The van der Waals surface area contributed by atoms with E-state index in [9.17, 15) is 0 Å². The molecule has 1 aliphatic carbocycles. The molecule has 354 valence electrons. The number of nitrogens with zero attached hydrogens (tertiary/aromatic N) is 6. The van der Waals surface area contributed by atoms with Crippen molar-refractivity contribution in [2.45, 2.75) is 5.41 Å². The van der Waals surface area contributed by atoms with Gasteiger partial charge >= 0.3 is 0 Å². The number of aromatic nitrogens is 6. The quantitative estimate of drug-likeness (QED) is 0.160. The van der Waals surface area contributed by atoms with Crippen LogP contribution in [0.4, 0.5) is 0 Å². The maximum atomic E-state index is 5.49. The van der Waals surface area contributed by atoms with Crippen molar-refractivity contribution in [1.29, 1.82) is 0 Å². The van der Waals surface area contributed by atoms with E-state index in [4.69, 9.17) is 15.0 Å². The molecule has 4 heterocycles. The molecule has 0 saturated heterocycles. The maximum absolute atomic E-state index is 5.49. The highest BCUT2D eigenvalue weighted by atomic mass is 15.2. The van der Waals surface area contributed by atoms with Gasteiger partial charge in [-0.1, -0.05) is 206 Å². The molecule has 1 unspecified atom stereocenters. The molecule has 6 nitrogen and oxygen atoms in total. The highest BCUT2D eigenvalue weighted by Gasteiger charge is 2.49. The van der Waals surface area contributed by atoms with E-state index in [0.29, 0.717) is 17.6 Å². The zero-order valence-corrected chi connectivity index (χ0v) is 41.1. The second-order valence-corrected chi connectivity index (χ2v) is 19.9. The average molecular weight is 969 g/mol. The summed E-state index contributed by atoms with van der Waals surface area (Å²) in [6, 6.07) is 96.8. The summed E-state index contributed by atoms with van der Waals surface area (Å²) < 4.78 is 7.19. The lowest BCUT2D eigenvalue weighted by Gasteiger charge is -2.35. The molecule has 1 aliphatic rings. The molecule has 16 rings (SSSR count). The normalized spacial score (nSPS) is 14.1. The molecule has 0 fully saturated rings. The van der Waals surface area contributed by atoms with Gasteiger partial charge in [0.1, 0.15) is 0 Å². The first-order valence-corrected chi connectivity index (χ1v) is 25.9. The van der Waals surface area contributed by atoms with E-state index >= 15 is 0 Å². The smallest absolute Gasteiger partial charge is 0.238 e. The second kappa shape index (κ2) is 16.4. The summed E-state index contributed by atoms with van der Waals surface area (Å²) >= 11 is 0. The molecule has 4 aromatic heterocycles. The predicted octanol–water partition coefficient (Wildman–Crippen LogP) is 16.9. The van der Waals surface area contributed by atoms with Gasteiger partial charge in [-0.05, 0) is 88.5 Å². The lowest BCUT2D eigenvalue weighted by Crippen LogP contribution is -2.29. The van der Waals surface area contributed by atoms with Crippen LogP contribution < -0.4 is 0 Å². The van der Waals surface area contributed by atoms with Crippen LogP contribution >= 0.6 is 0 Å². The summed E-state index contributed by atoms with van der Waals surface area (Å²) in [4.78, 5) is 16.2. The number of hydrogen-bond donors (Lipinski definition) is 0. The van der Waals surface area contributed by atoms with E-state index in [0.717, 1.165) is 71.9 Å². The topological polar surface area (TPSA) is 53.5 Å². The zero-order chi connectivity index (χ0) is 49.9. The first-order valence-electron chi connectivity index (χ1n) is 25.9. The van der Waals surface area contributed by atoms with Crippen molar-refractivity contribution in [3.05, 3.63) is 289 Å². The van der Waals surface area contributed by atoms with E-state index in [1.165, 1.54) is 49.4 Å². The van der Waals surface area contributed by atoms with Crippen molar-refractivity contribution < 1.29 is 0 Å². The Morgan fingerprint density at radius 3 is 1.37 bits per heavy atom. The summed E-state index contributed by atoms with van der Waals surface area (Å²) in [6.45, 7) is 0. The molecule has 11 aromatic carbocycles. The molecule has 15 aromatic rings. The summed E-state index contributed by atoms with van der Waals surface area (Å²) in [6.07, 6.45) is 0. The fraction of sp³-hybridized carbons (Fsp3) is 0.0143. The van der Waals surface area contributed by atoms with Gasteiger partial charge in [0.2, 0.25) is 5.95 Å². The Kier molecular flexibility index (Phi) is 9.15. The third kappa shape index (κ3) is 6.01. The van der Waals surface area contributed by atoms with E-state index in [-0.39, 0.29) is 0 Å². The van der Waals surface area contributed by atoms with Crippen molar-refractivity contribution in [3.63, 3.8) is 0 Å². The lowest BCUT2D eigenvalue weighted by atomic mass is 9.67. The number of para-hydroxylation sites is 5. The first-order chi connectivity index (χ1) is 37.7. The van der Waals surface area contributed by atoms with Crippen LogP contribution in [-0.2, 0) is 5.41 Å². The molecule has 0 spiro atoms. The number of benzene rings is 11. The minimum absolute atomic E-state index is 0.554. The van der Waals surface area contributed by atoms with Gasteiger partial charge in [-0.25, -0.2) is 4.98 Å². The van der Waals surface area contributed by atoms with Gasteiger partial charge in [0.25, 0.3) is 0 Å². The average Bonchev–Trinajstić information content (AvgIpc) is 4.31. The number of fused-ring (bicyclic) bond motifs is 13. The van der Waals surface area contributed by atoms with Gasteiger partial charge in [-0.3, -0.25) is 4.57 Å².